The standard InChI is InChI=1S/C27H33FN4O9/c1-26(2,3)41-30-9-15(33)31-14-8-13(28)11-6-10-7-12-19(32(4)5)22(36)18(25(29)39)24(38)27(12,40)23(37)16(10)21(35)17(11)20(14)34/h8,10,12,19,30,34-35,38,40H,6-7,9H2,1-5H3,(H2,29,39)(H,31,33)/t10-,12-,19-,27-/m0/s1. The molecule has 3 aliphatic rings. The number of likely N-dealkylation sites (N-methyl/N-ethyl adjacent to an activating group) is 1. The minimum Gasteiger partial charge on any atom is -0.508 e. The van der Waals surface area contributed by atoms with Crippen molar-refractivity contribution in [2.45, 2.75) is 50.9 Å². The van der Waals surface area contributed by atoms with Crippen LogP contribution in [0.5, 0.6) is 5.75 Å². The van der Waals surface area contributed by atoms with Crippen molar-refractivity contribution in [3.63, 3.8) is 0 Å². The number of halogens is 1. The van der Waals surface area contributed by atoms with Crippen molar-refractivity contribution in [1.29, 1.82) is 0 Å². The number of nitrogens with one attached hydrogen (secondary N) is 2. The maximum Gasteiger partial charge on any atom is 0.255 e. The number of hydrogen-bond donors (Lipinski definition) is 7. The molecule has 0 spiro atoms. The molecule has 41 heavy (non-hydrogen) atoms. The van der Waals surface area contributed by atoms with Crippen molar-refractivity contribution in [2.24, 2.45) is 17.6 Å². The number of hydrogen-bond acceptors (Lipinski definition) is 11. The SMILES string of the molecule is CN(C)[C@@H]1C(=O)C(C(N)=O)=C(O)[C@@]2(O)C(=O)C3=C(O)c4c(O)c(NC(=O)CNOC(C)(C)C)cc(F)c4C[C@H]3C[C@@H]12. The van der Waals surface area contributed by atoms with Gasteiger partial charge in [0.25, 0.3) is 5.91 Å². The van der Waals surface area contributed by atoms with Gasteiger partial charge in [-0.2, -0.15) is 5.48 Å². The van der Waals surface area contributed by atoms with Gasteiger partial charge in [0.05, 0.1) is 22.9 Å². The number of benzene rings is 1. The van der Waals surface area contributed by atoms with Crippen LogP contribution >= 0.6 is 0 Å². The van der Waals surface area contributed by atoms with E-state index in [4.69, 9.17) is 10.6 Å². The molecule has 0 saturated heterocycles. The van der Waals surface area contributed by atoms with Crippen molar-refractivity contribution in [3.8, 4) is 5.75 Å². The van der Waals surface area contributed by atoms with Gasteiger partial charge < -0.3 is 31.5 Å². The zero-order valence-corrected chi connectivity index (χ0v) is 23.2. The molecule has 0 radical (unpaired) electrons. The fourth-order valence-electron chi connectivity index (χ4n) is 5.87. The van der Waals surface area contributed by atoms with Gasteiger partial charge in [-0.25, -0.2) is 4.39 Å². The lowest BCUT2D eigenvalue weighted by atomic mass is 9.57. The van der Waals surface area contributed by atoms with E-state index in [-0.39, 0.29) is 24.9 Å². The summed E-state index contributed by atoms with van der Waals surface area (Å²) >= 11 is 0. The third-order valence-corrected chi connectivity index (χ3v) is 7.55. The smallest absolute Gasteiger partial charge is 0.255 e. The van der Waals surface area contributed by atoms with E-state index in [9.17, 15) is 39.6 Å². The number of aliphatic hydroxyl groups excluding tert-OH is 2. The van der Waals surface area contributed by atoms with Crippen LogP contribution < -0.4 is 16.5 Å². The number of aliphatic hydroxyl groups is 3. The average molecular weight is 577 g/mol. The number of phenolic OH excluding ortho intramolecular Hbond substituents is 1. The quantitative estimate of drug-likeness (QED) is 0.140. The summed E-state index contributed by atoms with van der Waals surface area (Å²) in [5, 5.41) is 47.0. The number of carbonyl (C=O) groups is 4. The molecule has 4 atom stereocenters. The molecule has 0 aliphatic heterocycles. The Bertz CT molecular complexity index is 1430. The highest BCUT2D eigenvalue weighted by atomic mass is 19.1. The van der Waals surface area contributed by atoms with Gasteiger partial charge in [0.2, 0.25) is 11.7 Å². The molecule has 0 bridgehead atoms. The number of phenols is 1. The topological polar surface area (TPSA) is 212 Å². The van der Waals surface area contributed by atoms with Crippen LogP contribution in [-0.2, 0) is 30.4 Å². The first-order valence-electron chi connectivity index (χ1n) is 12.8. The fourth-order valence-corrected chi connectivity index (χ4v) is 5.87. The largest absolute Gasteiger partial charge is 0.508 e. The van der Waals surface area contributed by atoms with Gasteiger partial charge in [-0.15, -0.1) is 0 Å². The summed E-state index contributed by atoms with van der Waals surface area (Å²) < 4.78 is 15.3. The van der Waals surface area contributed by atoms with E-state index in [1.807, 2.05) is 0 Å². The van der Waals surface area contributed by atoms with Gasteiger partial charge in [0, 0.05) is 23.1 Å². The Kier molecular flexibility index (Phi) is 7.50. The highest BCUT2D eigenvalue weighted by molar-refractivity contribution is 6.24. The van der Waals surface area contributed by atoms with E-state index in [0.29, 0.717) is 0 Å². The predicted octanol–water partition coefficient (Wildman–Crippen LogP) is 0.361. The summed E-state index contributed by atoms with van der Waals surface area (Å²) in [5.74, 6) is -10.1. The Balaban J connectivity index is 1.79. The third kappa shape index (κ3) is 4.86. The van der Waals surface area contributed by atoms with Crippen LogP contribution in [0.15, 0.2) is 23.0 Å². The van der Waals surface area contributed by atoms with Crippen LogP contribution in [-0.4, -0.2) is 86.6 Å². The predicted molar refractivity (Wildman–Crippen MR) is 142 cm³/mol. The number of nitrogens with zero attached hydrogens (tertiary/aromatic N) is 1. The van der Waals surface area contributed by atoms with Gasteiger partial charge in [-0.3, -0.25) is 28.9 Å². The number of fused-ring (bicyclic) bond motifs is 3. The maximum absolute atomic E-state index is 15.3. The summed E-state index contributed by atoms with van der Waals surface area (Å²) in [7, 11) is 2.96. The molecule has 222 valence electrons. The first-order valence-corrected chi connectivity index (χ1v) is 12.8. The molecule has 3 aliphatic carbocycles. The molecule has 8 N–H and O–H groups in total. The fraction of sp³-hybridized carbons (Fsp3) is 0.481. The molecule has 2 amide bonds. The molecule has 0 aromatic heterocycles. The number of carbonyl (C=O) groups excluding carboxylic acids is 4. The van der Waals surface area contributed by atoms with Crippen LogP contribution in [0.2, 0.25) is 0 Å². The second-order valence-corrected chi connectivity index (χ2v) is 11.7. The Morgan fingerprint density at radius 3 is 2.41 bits per heavy atom. The highest BCUT2D eigenvalue weighted by Gasteiger charge is 2.64. The van der Waals surface area contributed by atoms with Gasteiger partial charge in [0.1, 0.15) is 29.5 Å². The number of primary amides is 1. The van der Waals surface area contributed by atoms with E-state index in [1.54, 1.807) is 20.8 Å². The number of ketones is 2. The van der Waals surface area contributed by atoms with Crippen LogP contribution in [0.3, 0.4) is 0 Å². The molecule has 1 saturated carbocycles. The summed E-state index contributed by atoms with van der Waals surface area (Å²) in [6, 6.07) is -0.379. The maximum atomic E-state index is 15.3. The molecular weight excluding hydrogens is 543 g/mol. The Morgan fingerprint density at radius 2 is 1.85 bits per heavy atom. The van der Waals surface area contributed by atoms with E-state index >= 15 is 4.39 Å². The molecule has 4 rings (SSSR count). The number of rotatable bonds is 6. The van der Waals surface area contributed by atoms with Crippen LogP contribution in [0.4, 0.5) is 10.1 Å². The number of aromatic hydroxyl groups is 1. The van der Waals surface area contributed by atoms with Gasteiger partial charge in [-0.05, 0) is 53.6 Å². The molecule has 0 unspecified atom stereocenters. The molecule has 1 fully saturated rings. The van der Waals surface area contributed by atoms with Crippen molar-refractivity contribution >= 4 is 34.8 Å². The highest BCUT2D eigenvalue weighted by Crippen LogP contribution is 2.53. The summed E-state index contributed by atoms with van der Waals surface area (Å²) in [5.41, 5.74) is 1.93. The van der Waals surface area contributed by atoms with Crippen molar-refractivity contribution < 1.29 is 48.8 Å². The minimum absolute atomic E-state index is 0.152. The lowest BCUT2D eigenvalue weighted by Crippen LogP contribution is -2.65. The van der Waals surface area contributed by atoms with Crippen LogP contribution in [0.25, 0.3) is 5.76 Å². The minimum atomic E-state index is -2.82. The first kappa shape index (κ1) is 30.1. The molecule has 0 heterocycles. The molecule has 1 aromatic rings. The zero-order valence-electron chi connectivity index (χ0n) is 23.2. The third-order valence-electron chi connectivity index (χ3n) is 7.55. The van der Waals surface area contributed by atoms with E-state index in [0.717, 1.165) is 6.07 Å². The Labute approximate surface area is 234 Å². The first-order chi connectivity index (χ1) is 18.9. The monoisotopic (exact) mass is 576 g/mol. The second kappa shape index (κ2) is 10.2. The summed E-state index contributed by atoms with van der Waals surface area (Å²) in [4.78, 5) is 58.0. The molecule has 13 nitrogen and oxygen atoms in total. The lowest BCUT2D eigenvalue weighted by Gasteiger charge is -2.50. The summed E-state index contributed by atoms with van der Waals surface area (Å²) in [6.07, 6.45) is -0.396. The van der Waals surface area contributed by atoms with Crippen LogP contribution in [0.1, 0.15) is 38.3 Å². The lowest BCUT2D eigenvalue weighted by molar-refractivity contribution is -0.153. The van der Waals surface area contributed by atoms with E-state index in [2.05, 4.69) is 10.8 Å². The van der Waals surface area contributed by atoms with Crippen molar-refractivity contribution in [2.75, 3.05) is 26.0 Å². The number of amides is 2. The van der Waals surface area contributed by atoms with E-state index in [1.165, 1.54) is 19.0 Å². The average Bonchev–Trinajstić information content (AvgIpc) is 2.83. The van der Waals surface area contributed by atoms with Gasteiger partial charge in [0.15, 0.2) is 17.1 Å². The number of Topliss-reactive ketones (excluding diaryl/α,β-unsaturated/α-hetero) is 2. The summed E-state index contributed by atoms with van der Waals surface area (Å²) in [6.45, 7) is 4.87. The van der Waals surface area contributed by atoms with Crippen molar-refractivity contribution in [1.82, 2.24) is 10.4 Å². The molecular formula is C27H33FN4O9. The Morgan fingerprint density at radius 1 is 1.22 bits per heavy atom. The zero-order chi connectivity index (χ0) is 30.8. The van der Waals surface area contributed by atoms with Crippen LogP contribution in [0, 0.1) is 17.7 Å². The van der Waals surface area contributed by atoms with E-state index < -0.39 is 97.9 Å². The number of nitrogens with two attached hydrogens (primary N) is 1. The molecule has 14 heteroatoms. The van der Waals surface area contributed by atoms with Gasteiger partial charge >= 0.3 is 0 Å². The second-order valence-electron chi connectivity index (χ2n) is 11.7. The number of anilines is 1. The van der Waals surface area contributed by atoms with Gasteiger partial charge in [-0.1, -0.05) is 0 Å². The van der Waals surface area contributed by atoms with Crippen molar-refractivity contribution in [3.05, 3.63) is 39.9 Å². The normalized spacial score (nSPS) is 26.1. The Hall–Kier alpha value is -3.85. The number of hydroxylamine groups is 1. The molecule has 1 aromatic carbocycles.